The first-order chi connectivity index (χ1) is 11.3. The number of hydrogen-bond donors (Lipinski definition) is 2. The molecule has 134 valence electrons. The molecule has 1 saturated heterocycles. The van der Waals surface area contributed by atoms with Crippen LogP contribution in [0.15, 0.2) is 0 Å². The zero-order valence-corrected chi connectivity index (χ0v) is 14.0. The van der Waals surface area contributed by atoms with Gasteiger partial charge < -0.3 is 20.1 Å². The highest BCUT2D eigenvalue weighted by Crippen LogP contribution is 2.26. The molecular weight excluding hydrogens is 316 g/mol. The Morgan fingerprint density at radius 1 is 1.38 bits per heavy atom. The number of ether oxygens (including phenoxy) is 1. The average molecular weight is 340 g/mol. The standard InChI is InChI=1S/C16H24N2O6/c1-9(19)18-8-12(21)7-13(18)15(22)17-14(16(23)24-2)10-4-3-5-11(20)6-10/h10,12-14,21H,3-8H2,1-2H3,(H,17,22)/t10-,12+,13-,14+/m0/s1. The summed E-state index contributed by atoms with van der Waals surface area (Å²) in [6.07, 6.45) is 1.40. The number of methoxy groups -OCH3 is 1. The van der Waals surface area contributed by atoms with Crippen molar-refractivity contribution in [3.05, 3.63) is 0 Å². The summed E-state index contributed by atoms with van der Waals surface area (Å²) in [6, 6.07) is -1.73. The fourth-order valence-corrected chi connectivity index (χ4v) is 3.50. The summed E-state index contributed by atoms with van der Waals surface area (Å²) in [7, 11) is 1.23. The number of aliphatic hydroxyl groups excluding tert-OH is 1. The van der Waals surface area contributed by atoms with Crippen LogP contribution in [0.5, 0.6) is 0 Å². The van der Waals surface area contributed by atoms with Crippen LogP contribution in [0.4, 0.5) is 0 Å². The molecule has 1 heterocycles. The summed E-state index contributed by atoms with van der Waals surface area (Å²) in [6.45, 7) is 1.42. The zero-order valence-electron chi connectivity index (χ0n) is 14.0. The first-order valence-corrected chi connectivity index (χ1v) is 8.18. The van der Waals surface area contributed by atoms with E-state index in [1.807, 2.05) is 0 Å². The number of carbonyl (C=O) groups excluding carboxylic acids is 4. The van der Waals surface area contributed by atoms with Gasteiger partial charge in [0.05, 0.1) is 13.2 Å². The molecule has 2 rings (SSSR count). The highest BCUT2D eigenvalue weighted by atomic mass is 16.5. The number of rotatable bonds is 4. The Labute approximate surface area is 140 Å². The molecule has 1 aliphatic carbocycles. The van der Waals surface area contributed by atoms with E-state index < -0.39 is 30.1 Å². The minimum absolute atomic E-state index is 0.0658. The molecule has 1 aliphatic heterocycles. The number of ketones is 1. The molecule has 0 aromatic carbocycles. The van der Waals surface area contributed by atoms with Crippen LogP contribution >= 0.6 is 0 Å². The Bertz CT molecular complexity index is 535. The molecule has 0 aromatic heterocycles. The lowest BCUT2D eigenvalue weighted by molar-refractivity contribution is -0.148. The molecule has 0 radical (unpaired) electrons. The van der Waals surface area contributed by atoms with E-state index in [9.17, 15) is 24.3 Å². The molecule has 0 spiro atoms. The summed E-state index contributed by atoms with van der Waals surface area (Å²) < 4.78 is 4.76. The molecule has 8 heteroatoms. The highest BCUT2D eigenvalue weighted by molar-refractivity contribution is 5.91. The molecule has 2 N–H and O–H groups in total. The van der Waals surface area contributed by atoms with E-state index in [1.54, 1.807) is 0 Å². The van der Waals surface area contributed by atoms with Crippen molar-refractivity contribution in [1.82, 2.24) is 10.2 Å². The monoisotopic (exact) mass is 340 g/mol. The van der Waals surface area contributed by atoms with Crippen molar-refractivity contribution in [2.75, 3.05) is 13.7 Å². The third-order valence-electron chi connectivity index (χ3n) is 4.73. The number of β-amino-alcohol motifs (C(OH)–C–C–N with tert-alkyl or cyclic N) is 1. The van der Waals surface area contributed by atoms with Crippen LogP contribution in [0.25, 0.3) is 0 Å². The van der Waals surface area contributed by atoms with Gasteiger partial charge in [0, 0.05) is 32.7 Å². The molecule has 24 heavy (non-hydrogen) atoms. The molecule has 0 bridgehead atoms. The van der Waals surface area contributed by atoms with Gasteiger partial charge in [-0.05, 0) is 18.8 Å². The normalized spacial score (nSPS) is 28.4. The summed E-state index contributed by atoms with van der Waals surface area (Å²) in [4.78, 5) is 49.2. The predicted molar refractivity (Wildman–Crippen MR) is 82.7 cm³/mol. The Morgan fingerprint density at radius 3 is 2.67 bits per heavy atom. The van der Waals surface area contributed by atoms with Crippen molar-refractivity contribution in [3.8, 4) is 0 Å². The number of nitrogens with one attached hydrogen (secondary N) is 1. The number of Topliss-reactive ketones (excluding diaryl/α,β-unsaturated/α-hetero) is 1. The van der Waals surface area contributed by atoms with Gasteiger partial charge in [0.15, 0.2) is 0 Å². The zero-order chi connectivity index (χ0) is 17.9. The Balaban J connectivity index is 2.10. The lowest BCUT2D eigenvalue weighted by atomic mass is 9.83. The first kappa shape index (κ1) is 18.4. The smallest absolute Gasteiger partial charge is 0.328 e. The van der Waals surface area contributed by atoms with E-state index in [0.717, 1.165) is 0 Å². The van der Waals surface area contributed by atoms with Crippen molar-refractivity contribution < 1.29 is 29.0 Å². The molecule has 2 fully saturated rings. The fourth-order valence-electron chi connectivity index (χ4n) is 3.50. The molecule has 2 amide bonds. The van der Waals surface area contributed by atoms with Gasteiger partial charge in [0.1, 0.15) is 17.9 Å². The van der Waals surface area contributed by atoms with Crippen LogP contribution in [-0.4, -0.2) is 65.4 Å². The van der Waals surface area contributed by atoms with Crippen LogP contribution < -0.4 is 5.32 Å². The molecule has 0 unspecified atom stereocenters. The molecular formula is C16H24N2O6. The Morgan fingerprint density at radius 2 is 2.08 bits per heavy atom. The lowest BCUT2D eigenvalue weighted by Gasteiger charge is -2.30. The largest absolute Gasteiger partial charge is 0.467 e. The number of aliphatic hydroxyl groups is 1. The molecule has 4 atom stereocenters. The number of carbonyl (C=O) groups is 4. The van der Waals surface area contributed by atoms with Gasteiger partial charge in [0.2, 0.25) is 11.8 Å². The van der Waals surface area contributed by atoms with Crippen LogP contribution in [0.3, 0.4) is 0 Å². The SMILES string of the molecule is COC(=O)[C@H](NC(=O)[C@@H]1C[C@@H](O)CN1C(C)=O)[C@H]1CCCC(=O)C1. The van der Waals surface area contributed by atoms with E-state index in [0.29, 0.717) is 19.3 Å². The van der Waals surface area contributed by atoms with Gasteiger partial charge in [-0.15, -0.1) is 0 Å². The number of amides is 2. The Kier molecular flexibility index (Phi) is 5.93. The van der Waals surface area contributed by atoms with E-state index in [2.05, 4.69) is 5.32 Å². The third-order valence-corrected chi connectivity index (χ3v) is 4.73. The van der Waals surface area contributed by atoms with Crippen molar-refractivity contribution in [2.24, 2.45) is 5.92 Å². The second-order valence-electron chi connectivity index (χ2n) is 6.48. The van der Waals surface area contributed by atoms with E-state index in [1.165, 1.54) is 18.9 Å². The van der Waals surface area contributed by atoms with Crippen molar-refractivity contribution in [1.29, 1.82) is 0 Å². The maximum absolute atomic E-state index is 12.6. The summed E-state index contributed by atoms with van der Waals surface area (Å²) in [5.41, 5.74) is 0. The van der Waals surface area contributed by atoms with Gasteiger partial charge in [0.25, 0.3) is 0 Å². The first-order valence-electron chi connectivity index (χ1n) is 8.18. The summed E-state index contributed by atoms with van der Waals surface area (Å²) >= 11 is 0. The summed E-state index contributed by atoms with van der Waals surface area (Å²) in [5.74, 6) is -1.66. The minimum atomic E-state index is -0.918. The van der Waals surface area contributed by atoms with Crippen molar-refractivity contribution in [3.63, 3.8) is 0 Å². The molecule has 2 aliphatic rings. The van der Waals surface area contributed by atoms with Crippen molar-refractivity contribution in [2.45, 2.75) is 57.2 Å². The van der Waals surface area contributed by atoms with Gasteiger partial charge >= 0.3 is 5.97 Å². The van der Waals surface area contributed by atoms with Gasteiger partial charge in [-0.1, -0.05) is 0 Å². The van der Waals surface area contributed by atoms with Crippen LogP contribution in [0.2, 0.25) is 0 Å². The number of hydrogen-bond acceptors (Lipinski definition) is 6. The molecule has 1 saturated carbocycles. The minimum Gasteiger partial charge on any atom is -0.467 e. The number of esters is 1. The van der Waals surface area contributed by atoms with E-state index >= 15 is 0 Å². The maximum Gasteiger partial charge on any atom is 0.328 e. The second kappa shape index (κ2) is 7.74. The maximum atomic E-state index is 12.6. The van der Waals surface area contributed by atoms with Crippen molar-refractivity contribution >= 4 is 23.6 Å². The lowest BCUT2D eigenvalue weighted by Crippen LogP contribution is -2.53. The number of likely N-dealkylation sites (tertiary alicyclic amines) is 1. The molecule has 8 nitrogen and oxygen atoms in total. The van der Waals surface area contributed by atoms with Gasteiger partial charge in [-0.25, -0.2) is 4.79 Å². The second-order valence-corrected chi connectivity index (χ2v) is 6.48. The quantitative estimate of drug-likeness (QED) is 0.660. The average Bonchev–Trinajstić information content (AvgIpc) is 2.94. The predicted octanol–water partition coefficient (Wildman–Crippen LogP) is -0.615. The highest BCUT2D eigenvalue weighted by Gasteiger charge is 2.41. The third kappa shape index (κ3) is 4.11. The van der Waals surface area contributed by atoms with Crippen LogP contribution in [0.1, 0.15) is 39.0 Å². The van der Waals surface area contributed by atoms with Gasteiger partial charge in [-0.3, -0.25) is 14.4 Å². The van der Waals surface area contributed by atoms with Crippen LogP contribution in [-0.2, 0) is 23.9 Å². The van der Waals surface area contributed by atoms with Gasteiger partial charge in [-0.2, -0.15) is 0 Å². The Hall–Kier alpha value is -1.96. The fraction of sp³-hybridized carbons (Fsp3) is 0.750. The number of nitrogens with zero attached hydrogens (tertiary/aromatic N) is 1. The van der Waals surface area contributed by atoms with E-state index in [4.69, 9.17) is 4.74 Å². The summed E-state index contributed by atoms with van der Waals surface area (Å²) in [5, 5.41) is 12.4. The molecule has 0 aromatic rings. The topological polar surface area (TPSA) is 113 Å². The van der Waals surface area contributed by atoms with Crippen LogP contribution in [0, 0.1) is 5.92 Å². The van der Waals surface area contributed by atoms with E-state index in [-0.39, 0.29) is 37.0 Å².